The third kappa shape index (κ3) is 3.46. The molecule has 1 aliphatic rings. The van der Waals surface area contributed by atoms with E-state index in [4.69, 9.17) is 0 Å². The Morgan fingerprint density at radius 3 is 2.50 bits per heavy atom. The Balaban J connectivity index is 1.47. The van der Waals surface area contributed by atoms with Crippen LogP contribution in [0.4, 0.5) is 10.8 Å². The highest BCUT2D eigenvalue weighted by Crippen LogP contribution is 2.31. The Morgan fingerprint density at radius 1 is 1.08 bits per heavy atom. The van der Waals surface area contributed by atoms with Crippen LogP contribution in [-0.2, 0) is 4.79 Å². The zero-order valence-corrected chi connectivity index (χ0v) is 15.4. The van der Waals surface area contributed by atoms with E-state index in [-0.39, 0.29) is 17.7 Å². The summed E-state index contributed by atoms with van der Waals surface area (Å²) in [5.41, 5.74) is 4.45. The van der Waals surface area contributed by atoms with E-state index in [1.165, 1.54) is 16.9 Å². The minimum absolute atomic E-state index is 0.0577. The Morgan fingerprint density at radius 2 is 1.81 bits per heavy atom. The molecule has 4 rings (SSSR count). The van der Waals surface area contributed by atoms with Gasteiger partial charge in [-0.2, -0.15) is 0 Å². The molecule has 6 heteroatoms. The quantitative estimate of drug-likeness (QED) is 0.714. The molecule has 1 heterocycles. The molecule has 1 aliphatic carbocycles. The van der Waals surface area contributed by atoms with E-state index in [1.807, 2.05) is 13.8 Å². The van der Waals surface area contributed by atoms with E-state index in [0.717, 1.165) is 28.6 Å². The van der Waals surface area contributed by atoms with Crippen LogP contribution in [0.2, 0.25) is 0 Å². The van der Waals surface area contributed by atoms with Crippen molar-refractivity contribution in [2.45, 2.75) is 26.7 Å². The molecule has 5 nitrogen and oxygen atoms in total. The summed E-state index contributed by atoms with van der Waals surface area (Å²) in [6.07, 6.45) is 1.93. The molecular formula is C20H19N3O2S. The SMILES string of the molecule is Cc1cc(C)c2nc(NC(=O)c3ccc(NC(=O)C4CC4)cc3)sc2c1. The van der Waals surface area contributed by atoms with Gasteiger partial charge in [0.1, 0.15) is 0 Å². The van der Waals surface area contributed by atoms with E-state index in [1.54, 1.807) is 24.3 Å². The van der Waals surface area contributed by atoms with Gasteiger partial charge in [-0.3, -0.25) is 14.9 Å². The molecule has 0 bridgehead atoms. The molecular weight excluding hydrogens is 346 g/mol. The zero-order valence-electron chi connectivity index (χ0n) is 14.6. The largest absolute Gasteiger partial charge is 0.326 e. The first-order valence-electron chi connectivity index (χ1n) is 8.59. The molecule has 0 aliphatic heterocycles. The molecule has 0 radical (unpaired) electrons. The highest BCUT2D eigenvalue weighted by atomic mass is 32.1. The zero-order chi connectivity index (χ0) is 18.3. The number of rotatable bonds is 4. The van der Waals surface area contributed by atoms with Gasteiger partial charge in [0, 0.05) is 17.2 Å². The van der Waals surface area contributed by atoms with Crippen LogP contribution in [0.1, 0.15) is 34.3 Å². The molecule has 1 fully saturated rings. The van der Waals surface area contributed by atoms with Crippen molar-refractivity contribution in [1.82, 2.24) is 4.98 Å². The van der Waals surface area contributed by atoms with Crippen LogP contribution in [0.15, 0.2) is 36.4 Å². The van der Waals surface area contributed by atoms with E-state index in [2.05, 4.69) is 27.8 Å². The van der Waals surface area contributed by atoms with E-state index < -0.39 is 0 Å². The number of carbonyl (C=O) groups excluding carboxylic acids is 2. The van der Waals surface area contributed by atoms with Crippen LogP contribution in [0, 0.1) is 19.8 Å². The van der Waals surface area contributed by atoms with Crippen molar-refractivity contribution in [3.8, 4) is 0 Å². The fourth-order valence-corrected chi connectivity index (χ4v) is 3.93. The molecule has 0 atom stereocenters. The van der Waals surface area contributed by atoms with Crippen molar-refractivity contribution in [3.63, 3.8) is 0 Å². The van der Waals surface area contributed by atoms with Gasteiger partial charge in [-0.1, -0.05) is 17.4 Å². The maximum absolute atomic E-state index is 12.5. The maximum atomic E-state index is 12.5. The minimum Gasteiger partial charge on any atom is -0.326 e. The van der Waals surface area contributed by atoms with Crippen molar-refractivity contribution in [1.29, 1.82) is 0 Å². The van der Waals surface area contributed by atoms with Crippen molar-refractivity contribution < 1.29 is 9.59 Å². The van der Waals surface area contributed by atoms with Gasteiger partial charge in [-0.25, -0.2) is 4.98 Å². The summed E-state index contributed by atoms with van der Waals surface area (Å²) < 4.78 is 1.07. The lowest BCUT2D eigenvalue weighted by atomic mass is 10.1. The first-order chi connectivity index (χ1) is 12.5. The van der Waals surface area contributed by atoms with Crippen LogP contribution in [0.25, 0.3) is 10.2 Å². The van der Waals surface area contributed by atoms with Crippen molar-refractivity contribution in [2.24, 2.45) is 5.92 Å². The van der Waals surface area contributed by atoms with Crippen LogP contribution in [0.5, 0.6) is 0 Å². The molecule has 2 aromatic carbocycles. The Labute approximate surface area is 155 Å². The third-order valence-electron chi connectivity index (χ3n) is 4.41. The topological polar surface area (TPSA) is 71.1 Å². The number of fused-ring (bicyclic) bond motifs is 1. The second-order valence-corrected chi connectivity index (χ2v) is 7.77. The fourth-order valence-electron chi connectivity index (χ4n) is 2.89. The van der Waals surface area contributed by atoms with E-state index in [0.29, 0.717) is 16.4 Å². The summed E-state index contributed by atoms with van der Waals surface area (Å²) in [5, 5.41) is 6.32. The van der Waals surface area contributed by atoms with Gasteiger partial charge >= 0.3 is 0 Å². The smallest absolute Gasteiger partial charge is 0.257 e. The molecule has 0 unspecified atom stereocenters. The van der Waals surface area contributed by atoms with Crippen molar-refractivity contribution >= 4 is 44.2 Å². The average Bonchev–Trinajstić information content (AvgIpc) is 3.37. The standard InChI is InChI=1S/C20H19N3O2S/c1-11-9-12(2)17-16(10-11)26-20(22-17)23-19(25)14-5-7-15(8-6-14)21-18(24)13-3-4-13/h5-10,13H,3-4H2,1-2H3,(H,21,24)(H,22,23,25). The van der Waals surface area contributed by atoms with E-state index in [9.17, 15) is 9.59 Å². The first-order valence-corrected chi connectivity index (χ1v) is 9.41. The normalized spacial score (nSPS) is 13.6. The summed E-state index contributed by atoms with van der Waals surface area (Å²) in [6.45, 7) is 4.07. The Bertz CT molecular complexity index is 1000. The number of benzene rings is 2. The fraction of sp³-hybridized carbons (Fsp3) is 0.250. The number of nitrogens with one attached hydrogen (secondary N) is 2. The summed E-state index contributed by atoms with van der Waals surface area (Å²) in [7, 11) is 0. The molecule has 2 amide bonds. The van der Waals surface area contributed by atoms with Gasteiger partial charge in [0.15, 0.2) is 5.13 Å². The molecule has 1 saturated carbocycles. The number of anilines is 2. The van der Waals surface area contributed by atoms with Gasteiger partial charge in [-0.15, -0.1) is 0 Å². The average molecular weight is 365 g/mol. The molecule has 1 aromatic heterocycles. The van der Waals surface area contributed by atoms with Gasteiger partial charge in [0.2, 0.25) is 5.91 Å². The Hall–Kier alpha value is -2.73. The molecule has 132 valence electrons. The lowest BCUT2D eigenvalue weighted by molar-refractivity contribution is -0.117. The maximum Gasteiger partial charge on any atom is 0.257 e. The van der Waals surface area contributed by atoms with Crippen molar-refractivity contribution in [2.75, 3.05) is 10.6 Å². The number of hydrogen-bond acceptors (Lipinski definition) is 4. The van der Waals surface area contributed by atoms with Crippen molar-refractivity contribution in [3.05, 3.63) is 53.1 Å². The van der Waals surface area contributed by atoms with Gasteiger partial charge < -0.3 is 5.32 Å². The van der Waals surface area contributed by atoms with Crippen LogP contribution >= 0.6 is 11.3 Å². The van der Waals surface area contributed by atoms with Crippen LogP contribution < -0.4 is 10.6 Å². The second-order valence-electron chi connectivity index (χ2n) is 6.74. The number of amides is 2. The lowest BCUT2D eigenvalue weighted by Gasteiger charge is -2.06. The Kier molecular flexibility index (Phi) is 4.20. The van der Waals surface area contributed by atoms with Crippen LogP contribution in [0.3, 0.4) is 0 Å². The second kappa shape index (κ2) is 6.53. The molecule has 26 heavy (non-hydrogen) atoms. The first kappa shape index (κ1) is 16.7. The summed E-state index contributed by atoms with van der Waals surface area (Å²) in [4.78, 5) is 28.8. The summed E-state index contributed by atoms with van der Waals surface area (Å²) in [5.74, 6) is 0.00458. The summed E-state index contributed by atoms with van der Waals surface area (Å²) in [6, 6.07) is 11.1. The summed E-state index contributed by atoms with van der Waals surface area (Å²) >= 11 is 1.47. The van der Waals surface area contributed by atoms with Gasteiger partial charge in [-0.05, 0) is 68.1 Å². The number of carbonyl (C=O) groups is 2. The number of hydrogen-bond donors (Lipinski definition) is 2. The third-order valence-corrected chi connectivity index (χ3v) is 5.33. The van der Waals surface area contributed by atoms with E-state index >= 15 is 0 Å². The predicted octanol–water partition coefficient (Wildman–Crippen LogP) is 4.51. The number of aryl methyl sites for hydroxylation is 2. The predicted molar refractivity (Wildman–Crippen MR) is 105 cm³/mol. The number of nitrogens with zero attached hydrogens (tertiary/aromatic N) is 1. The monoisotopic (exact) mass is 365 g/mol. The highest BCUT2D eigenvalue weighted by molar-refractivity contribution is 7.22. The van der Waals surface area contributed by atoms with Crippen LogP contribution in [-0.4, -0.2) is 16.8 Å². The van der Waals surface area contributed by atoms with Gasteiger partial charge in [0.05, 0.1) is 10.2 Å². The molecule has 3 aromatic rings. The van der Waals surface area contributed by atoms with Gasteiger partial charge in [0.25, 0.3) is 5.91 Å². The minimum atomic E-state index is -0.210. The number of thiazole rings is 1. The molecule has 0 saturated heterocycles. The molecule has 2 N–H and O–H groups in total. The highest BCUT2D eigenvalue weighted by Gasteiger charge is 2.29. The molecule has 0 spiro atoms. The number of aromatic nitrogens is 1. The lowest BCUT2D eigenvalue weighted by Crippen LogP contribution is -2.14.